The van der Waals surface area contributed by atoms with Gasteiger partial charge in [-0.2, -0.15) is 0 Å². The van der Waals surface area contributed by atoms with Crippen LogP contribution in [0.2, 0.25) is 0 Å². The molecule has 1 saturated heterocycles. The van der Waals surface area contributed by atoms with Gasteiger partial charge in [-0.15, -0.1) is 11.3 Å². The van der Waals surface area contributed by atoms with Crippen LogP contribution in [0.3, 0.4) is 0 Å². The van der Waals surface area contributed by atoms with Crippen LogP contribution in [0.15, 0.2) is 11.7 Å². The highest BCUT2D eigenvalue weighted by Gasteiger charge is 2.15. The molecule has 0 aliphatic carbocycles. The molecule has 0 bridgehead atoms. The molecule has 1 aromatic rings. The first-order chi connectivity index (χ1) is 7.34. The van der Waals surface area contributed by atoms with E-state index in [1.54, 1.807) is 23.0 Å². The zero-order valence-corrected chi connectivity index (χ0v) is 9.55. The molecule has 1 fully saturated rings. The van der Waals surface area contributed by atoms with Gasteiger partial charge in [-0.05, 0) is 31.8 Å². The number of Topliss-reactive ketones (excluding diaryl/α,β-unsaturated/α-hetero) is 1. The van der Waals surface area contributed by atoms with Gasteiger partial charge in [0.2, 0.25) is 0 Å². The summed E-state index contributed by atoms with van der Waals surface area (Å²) < 4.78 is 0. The molecule has 1 aliphatic rings. The second-order valence-corrected chi connectivity index (χ2v) is 5.05. The summed E-state index contributed by atoms with van der Waals surface area (Å²) in [5.41, 5.74) is 1.78. The van der Waals surface area contributed by atoms with Crippen LogP contribution in [0.5, 0.6) is 0 Å². The number of hydrogen-bond donors (Lipinski definition) is 1. The van der Waals surface area contributed by atoms with Crippen LogP contribution in [-0.4, -0.2) is 23.9 Å². The Hall–Kier alpha value is -0.740. The molecule has 2 heterocycles. The van der Waals surface area contributed by atoms with Crippen LogP contribution < -0.4 is 5.32 Å². The molecule has 1 aliphatic heterocycles. The monoisotopic (exact) mass is 224 g/mol. The van der Waals surface area contributed by atoms with E-state index >= 15 is 0 Å². The maximum atomic E-state index is 11.6. The van der Waals surface area contributed by atoms with Crippen LogP contribution in [0.4, 0.5) is 0 Å². The number of aromatic nitrogens is 1. The fourth-order valence-electron chi connectivity index (χ4n) is 1.94. The SMILES string of the molecule is O=C(CCC1CCNC1)Cc1cncs1. The molecule has 1 N–H and O–H groups in total. The summed E-state index contributed by atoms with van der Waals surface area (Å²) in [6.07, 6.45) is 5.37. The number of rotatable bonds is 5. The highest BCUT2D eigenvalue weighted by Crippen LogP contribution is 2.16. The highest BCUT2D eigenvalue weighted by atomic mass is 32.1. The average molecular weight is 224 g/mol. The minimum absolute atomic E-state index is 0.353. The fraction of sp³-hybridized carbons (Fsp3) is 0.636. The Morgan fingerprint density at radius 2 is 2.60 bits per heavy atom. The molecule has 0 aromatic carbocycles. The van der Waals surface area contributed by atoms with Gasteiger partial charge in [0.1, 0.15) is 5.78 Å². The average Bonchev–Trinajstić information content (AvgIpc) is 2.86. The molecular formula is C11H16N2OS. The molecule has 0 saturated carbocycles. The van der Waals surface area contributed by atoms with E-state index < -0.39 is 0 Å². The van der Waals surface area contributed by atoms with Gasteiger partial charge >= 0.3 is 0 Å². The Bertz CT molecular complexity index is 304. The van der Waals surface area contributed by atoms with Crippen molar-refractivity contribution in [3.63, 3.8) is 0 Å². The molecule has 2 rings (SSSR count). The minimum atomic E-state index is 0.353. The Labute approximate surface area is 93.9 Å². The van der Waals surface area contributed by atoms with Crippen molar-refractivity contribution in [2.75, 3.05) is 13.1 Å². The summed E-state index contributed by atoms with van der Waals surface area (Å²) in [7, 11) is 0. The summed E-state index contributed by atoms with van der Waals surface area (Å²) in [4.78, 5) is 16.7. The third-order valence-corrected chi connectivity index (χ3v) is 3.63. The standard InChI is InChI=1S/C11H16N2OS/c14-10(5-11-7-13-8-15-11)2-1-9-3-4-12-6-9/h7-9,12H,1-6H2. The zero-order valence-electron chi connectivity index (χ0n) is 8.74. The Balaban J connectivity index is 1.68. The van der Waals surface area contributed by atoms with Crippen molar-refractivity contribution in [3.8, 4) is 0 Å². The summed E-state index contributed by atoms with van der Waals surface area (Å²) in [6.45, 7) is 2.21. The third kappa shape index (κ3) is 3.39. The number of carbonyl (C=O) groups is 1. The first kappa shape index (κ1) is 10.8. The van der Waals surface area contributed by atoms with Crippen molar-refractivity contribution in [3.05, 3.63) is 16.6 Å². The predicted molar refractivity (Wildman–Crippen MR) is 61.0 cm³/mol. The van der Waals surface area contributed by atoms with E-state index in [9.17, 15) is 4.79 Å². The van der Waals surface area contributed by atoms with Gasteiger partial charge in [-0.3, -0.25) is 9.78 Å². The smallest absolute Gasteiger partial charge is 0.138 e. The van der Waals surface area contributed by atoms with E-state index in [1.165, 1.54) is 6.42 Å². The highest BCUT2D eigenvalue weighted by molar-refractivity contribution is 7.09. The Morgan fingerprint density at radius 1 is 1.67 bits per heavy atom. The van der Waals surface area contributed by atoms with Crippen molar-refractivity contribution >= 4 is 17.1 Å². The molecule has 0 amide bonds. The van der Waals surface area contributed by atoms with Gasteiger partial charge in [-0.1, -0.05) is 0 Å². The lowest BCUT2D eigenvalue weighted by atomic mass is 10.00. The van der Waals surface area contributed by atoms with Crippen LogP contribution in [0, 0.1) is 5.92 Å². The number of carbonyl (C=O) groups excluding carboxylic acids is 1. The molecule has 0 radical (unpaired) electrons. The van der Waals surface area contributed by atoms with Gasteiger partial charge in [0.05, 0.1) is 5.51 Å². The normalized spacial score (nSPS) is 20.7. The van der Waals surface area contributed by atoms with E-state index in [0.29, 0.717) is 12.2 Å². The van der Waals surface area contributed by atoms with E-state index in [1.807, 2.05) is 0 Å². The first-order valence-electron chi connectivity index (χ1n) is 5.44. The van der Waals surface area contributed by atoms with Crippen LogP contribution >= 0.6 is 11.3 Å². The van der Waals surface area contributed by atoms with Gasteiger partial charge in [0.25, 0.3) is 0 Å². The number of thiazole rings is 1. The third-order valence-electron chi connectivity index (χ3n) is 2.85. The second-order valence-electron chi connectivity index (χ2n) is 4.08. The van der Waals surface area contributed by atoms with E-state index in [0.717, 1.165) is 36.7 Å². The topological polar surface area (TPSA) is 42.0 Å². The predicted octanol–water partition coefficient (Wildman–Crippen LogP) is 1.64. The van der Waals surface area contributed by atoms with Crippen molar-refractivity contribution in [2.45, 2.75) is 25.7 Å². The van der Waals surface area contributed by atoms with Crippen molar-refractivity contribution in [1.82, 2.24) is 10.3 Å². The molecular weight excluding hydrogens is 208 g/mol. The van der Waals surface area contributed by atoms with Crippen LogP contribution in [0.1, 0.15) is 24.1 Å². The molecule has 1 unspecified atom stereocenters. The molecule has 82 valence electrons. The molecule has 1 aromatic heterocycles. The molecule has 0 spiro atoms. The second kappa shape index (κ2) is 5.37. The lowest BCUT2D eigenvalue weighted by molar-refractivity contribution is -0.118. The summed E-state index contributed by atoms with van der Waals surface area (Å²) >= 11 is 1.57. The maximum Gasteiger partial charge on any atom is 0.138 e. The summed E-state index contributed by atoms with van der Waals surface area (Å²) in [6, 6.07) is 0. The summed E-state index contributed by atoms with van der Waals surface area (Å²) in [5, 5.41) is 3.32. The van der Waals surface area contributed by atoms with Crippen LogP contribution in [-0.2, 0) is 11.2 Å². The van der Waals surface area contributed by atoms with E-state index in [4.69, 9.17) is 0 Å². The lowest BCUT2D eigenvalue weighted by Crippen LogP contribution is -2.11. The molecule has 3 nitrogen and oxygen atoms in total. The number of nitrogens with one attached hydrogen (secondary N) is 1. The van der Waals surface area contributed by atoms with Crippen molar-refractivity contribution in [2.24, 2.45) is 5.92 Å². The van der Waals surface area contributed by atoms with Crippen molar-refractivity contribution < 1.29 is 4.79 Å². The quantitative estimate of drug-likeness (QED) is 0.827. The Kier molecular flexibility index (Phi) is 3.86. The van der Waals surface area contributed by atoms with Gasteiger partial charge < -0.3 is 5.32 Å². The largest absolute Gasteiger partial charge is 0.316 e. The van der Waals surface area contributed by atoms with Gasteiger partial charge in [0.15, 0.2) is 0 Å². The van der Waals surface area contributed by atoms with Crippen molar-refractivity contribution in [1.29, 1.82) is 0 Å². The fourth-order valence-corrected chi connectivity index (χ4v) is 2.56. The minimum Gasteiger partial charge on any atom is -0.316 e. The van der Waals surface area contributed by atoms with Gasteiger partial charge in [-0.25, -0.2) is 0 Å². The summed E-state index contributed by atoms with van der Waals surface area (Å²) in [5.74, 6) is 1.07. The van der Waals surface area contributed by atoms with Crippen LogP contribution in [0.25, 0.3) is 0 Å². The van der Waals surface area contributed by atoms with E-state index in [2.05, 4.69) is 10.3 Å². The first-order valence-corrected chi connectivity index (χ1v) is 6.32. The Morgan fingerprint density at radius 3 is 3.27 bits per heavy atom. The van der Waals surface area contributed by atoms with Gasteiger partial charge in [0, 0.05) is 23.9 Å². The zero-order chi connectivity index (χ0) is 10.5. The molecule has 4 heteroatoms. The molecule has 15 heavy (non-hydrogen) atoms. The number of hydrogen-bond acceptors (Lipinski definition) is 4. The number of ketones is 1. The lowest BCUT2D eigenvalue weighted by Gasteiger charge is -2.06. The maximum absolute atomic E-state index is 11.6. The number of nitrogens with zero attached hydrogens (tertiary/aromatic N) is 1. The van der Waals surface area contributed by atoms with E-state index in [-0.39, 0.29) is 0 Å². The molecule has 1 atom stereocenters.